The molecule has 0 fully saturated rings. The molecule has 1 aromatic heterocycles. The van der Waals surface area contributed by atoms with Gasteiger partial charge in [0.05, 0.1) is 5.76 Å². The second kappa shape index (κ2) is 11.7. The summed E-state index contributed by atoms with van der Waals surface area (Å²) in [7, 11) is 0. The molecule has 33 heavy (non-hydrogen) atoms. The van der Waals surface area contributed by atoms with Gasteiger partial charge in [-0.05, 0) is 62.8 Å². The summed E-state index contributed by atoms with van der Waals surface area (Å²) in [5.41, 5.74) is 9.71. The quantitative estimate of drug-likeness (QED) is 0.149. The number of para-hydroxylation sites is 1. The number of rotatable bonds is 3. The second-order valence-corrected chi connectivity index (χ2v) is 8.04. The fraction of sp³-hybridized carbons (Fsp3) is 0.172. The molecule has 4 heteroatoms. The molecule has 0 aliphatic heterocycles. The van der Waals surface area contributed by atoms with E-state index in [2.05, 4.69) is 80.4 Å². The van der Waals surface area contributed by atoms with Crippen molar-refractivity contribution in [3.05, 3.63) is 101 Å². The van der Waals surface area contributed by atoms with E-state index >= 15 is 0 Å². The normalized spacial score (nSPS) is 10.8. The summed E-state index contributed by atoms with van der Waals surface area (Å²) in [6.45, 7) is 9.37. The van der Waals surface area contributed by atoms with Gasteiger partial charge >= 0.3 is 0 Å². The molecular weight excluding hydrogens is 587 g/mol. The Morgan fingerprint density at radius 3 is 2.24 bits per heavy atom. The van der Waals surface area contributed by atoms with E-state index in [0.717, 1.165) is 22.0 Å². The number of fused-ring (bicyclic) bond motifs is 1. The minimum absolute atomic E-state index is 0. The van der Waals surface area contributed by atoms with Crippen LogP contribution in [0.4, 0.5) is 0 Å². The van der Waals surface area contributed by atoms with Gasteiger partial charge in [0.2, 0.25) is 0 Å². The minimum Gasteiger partial charge on any atom is -0.512 e. The van der Waals surface area contributed by atoms with Crippen LogP contribution in [-0.2, 0) is 24.9 Å². The average molecular weight is 615 g/mol. The topological polar surface area (TPSA) is 50.2 Å². The smallest absolute Gasteiger partial charge is 0.155 e. The molecule has 3 nitrogen and oxygen atoms in total. The number of ketones is 1. The average Bonchev–Trinajstić information content (AvgIpc) is 2.72. The number of benzene rings is 3. The number of hydrogen-bond acceptors (Lipinski definition) is 3. The molecule has 171 valence electrons. The molecule has 0 aliphatic rings. The van der Waals surface area contributed by atoms with E-state index in [-0.39, 0.29) is 31.6 Å². The molecule has 1 radical (unpaired) electrons. The number of nitrogens with zero attached hydrogens (tertiary/aromatic N) is 1. The molecule has 1 heterocycles. The first-order chi connectivity index (χ1) is 15.3. The summed E-state index contributed by atoms with van der Waals surface area (Å²) in [4.78, 5) is 14.6. The molecule has 0 atom stereocenters. The van der Waals surface area contributed by atoms with Crippen molar-refractivity contribution < 1.29 is 30.0 Å². The predicted molar refractivity (Wildman–Crippen MR) is 133 cm³/mol. The van der Waals surface area contributed by atoms with E-state index < -0.39 is 0 Å². The van der Waals surface area contributed by atoms with Gasteiger partial charge in [-0.3, -0.25) is 9.78 Å². The molecule has 1 N–H and O–H groups in total. The van der Waals surface area contributed by atoms with Crippen LogP contribution in [0, 0.1) is 26.8 Å². The molecule has 4 rings (SSSR count). The Hall–Kier alpha value is -3.07. The Bertz CT molecular complexity index is 1280. The summed E-state index contributed by atoms with van der Waals surface area (Å²) < 4.78 is 0. The minimum atomic E-state index is -0.125. The van der Waals surface area contributed by atoms with Crippen molar-refractivity contribution in [2.45, 2.75) is 34.6 Å². The van der Waals surface area contributed by atoms with Crippen molar-refractivity contribution in [1.82, 2.24) is 4.98 Å². The number of carbonyl (C=O) groups excluding carboxylic acids is 1. The summed E-state index contributed by atoms with van der Waals surface area (Å²) in [5.74, 6) is -0.0625. The zero-order valence-electron chi connectivity index (χ0n) is 19.6. The maximum Gasteiger partial charge on any atom is 0.155 e. The van der Waals surface area contributed by atoms with Crippen LogP contribution in [0.5, 0.6) is 0 Å². The van der Waals surface area contributed by atoms with Gasteiger partial charge in [-0.1, -0.05) is 47.5 Å². The van der Waals surface area contributed by atoms with Crippen molar-refractivity contribution >= 4 is 16.7 Å². The first-order valence-electron chi connectivity index (χ1n) is 10.6. The standard InChI is InChI=1S/C24H20N.C5H8O2.Ir/c1-16-13-17(2)23(18(3)14-16)21-9-4-8-20(15-21)22-11-5-7-19-10-6-12-25-24(19)22;1-4(6)3-5(2)7;/h4-7,9-15H,1-3H3;3,6H,1-2H3;/q-1;;/b;4-3-;. The van der Waals surface area contributed by atoms with E-state index in [9.17, 15) is 4.79 Å². The molecule has 0 unspecified atom stereocenters. The predicted octanol–water partition coefficient (Wildman–Crippen LogP) is 7.33. The molecule has 0 bridgehead atoms. The number of aliphatic hydroxyl groups is 1. The third-order valence-electron chi connectivity index (χ3n) is 5.10. The van der Waals surface area contributed by atoms with E-state index in [1.165, 1.54) is 47.7 Å². The van der Waals surface area contributed by atoms with Crippen LogP contribution >= 0.6 is 0 Å². The van der Waals surface area contributed by atoms with Crippen molar-refractivity contribution in [2.24, 2.45) is 0 Å². The zero-order valence-corrected chi connectivity index (χ0v) is 22.0. The monoisotopic (exact) mass is 615 g/mol. The number of hydrogen-bond donors (Lipinski definition) is 1. The summed E-state index contributed by atoms with van der Waals surface area (Å²) >= 11 is 0. The van der Waals surface area contributed by atoms with Crippen LogP contribution in [0.3, 0.4) is 0 Å². The van der Waals surface area contributed by atoms with E-state index in [0.29, 0.717) is 0 Å². The molecule has 4 aromatic rings. The number of pyridine rings is 1. The number of aromatic nitrogens is 1. The maximum atomic E-state index is 10.0. The first kappa shape index (κ1) is 26.2. The Morgan fingerprint density at radius 1 is 0.970 bits per heavy atom. The number of aliphatic hydroxyl groups excluding tert-OH is 1. The molecule has 0 saturated carbocycles. The van der Waals surface area contributed by atoms with Gasteiger partial charge < -0.3 is 5.11 Å². The van der Waals surface area contributed by atoms with E-state index in [4.69, 9.17) is 5.11 Å². The summed E-state index contributed by atoms with van der Waals surface area (Å²) in [6, 6.07) is 24.7. The van der Waals surface area contributed by atoms with Crippen molar-refractivity contribution in [3.63, 3.8) is 0 Å². The van der Waals surface area contributed by atoms with Crippen LogP contribution in [0.2, 0.25) is 0 Å². The van der Waals surface area contributed by atoms with Crippen molar-refractivity contribution in [3.8, 4) is 22.3 Å². The maximum absolute atomic E-state index is 10.0. The van der Waals surface area contributed by atoms with E-state index in [1.807, 2.05) is 18.3 Å². The van der Waals surface area contributed by atoms with Crippen LogP contribution in [0.1, 0.15) is 30.5 Å². The Labute approximate surface area is 209 Å². The zero-order chi connectivity index (χ0) is 23.3. The van der Waals surface area contributed by atoms with Gasteiger partial charge in [0.15, 0.2) is 5.78 Å². The van der Waals surface area contributed by atoms with Gasteiger partial charge in [-0.2, -0.15) is 0 Å². The molecule has 0 spiro atoms. The first-order valence-corrected chi connectivity index (χ1v) is 10.6. The molecule has 0 saturated heterocycles. The van der Waals surface area contributed by atoms with Crippen LogP contribution in [-0.4, -0.2) is 15.9 Å². The number of aryl methyl sites for hydroxylation is 3. The largest absolute Gasteiger partial charge is 0.512 e. The van der Waals surface area contributed by atoms with Gasteiger partial charge in [0, 0.05) is 37.9 Å². The second-order valence-electron chi connectivity index (χ2n) is 8.04. The van der Waals surface area contributed by atoms with Gasteiger partial charge in [-0.25, -0.2) is 0 Å². The third-order valence-corrected chi connectivity index (χ3v) is 5.10. The third kappa shape index (κ3) is 6.71. The van der Waals surface area contributed by atoms with Gasteiger partial charge in [0.1, 0.15) is 0 Å². The molecular formula is C29H28IrNO2-. The summed E-state index contributed by atoms with van der Waals surface area (Å²) in [6.07, 6.45) is 3.02. The number of allylic oxidation sites excluding steroid dienone is 2. The van der Waals surface area contributed by atoms with Gasteiger partial charge in [-0.15, -0.1) is 35.4 Å². The van der Waals surface area contributed by atoms with Crippen LogP contribution in [0.15, 0.2) is 78.7 Å². The van der Waals surface area contributed by atoms with Crippen molar-refractivity contribution in [2.75, 3.05) is 0 Å². The fourth-order valence-corrected chi connectivity index (χ4v) is 4.03. The Kier molecular flexibility index (Phi) is 9.28. The van der Waals surface area contributed by atoms with Crippen LogP contribution in [0.25, 0.3) is 33.2 Å². The van der Waals surface area contributed by atoms with Crippen molar-refractivity contribution in [1.29, 1.82) is 0 Å². The SMILES string of the molecule is CC(=O)/C=C(/C)O.Cc1cc(C)c(-c2cc[c-]c(-c3cccc4cccnc34)c2)c(C)c1.[Ir]. The fourth-order valence-electron chi connectivity index (χ4n) is 4.03. The summed E-state index contributed by atoms with van der Waals surface area (Å²) in [5, 5.41) is 9.52. The molecule has 0 aliphatic carbocycles. The number of carbonyl (C=O) groups is 1. The Morgan fingerprint density at radius 2 is 1.64 bits per heavy atom. The van der Waals surface area contributed by atoms with Crippen LogP contribution < -0.4 is 0 Å². The van der Waals surface area contributed by atoms with E-state index in [1.54, 1.807) is 0 Å². The molecule has 0 amide bonds. The van der Waals surface area contributed by atoms with Gasteiger partial charge in [0.25, 0.3) is 0 Å². The Balaban J connectivity index is 0.000000423. The molecule has 3 aromatic carbocycles.